The van der Waals surface area contributed by atoms with E-state index in [-0.39, 0.29) is 0 Å². The van der Waals surface area contributed by atoms with Crippen molar-refractivity contribution >= 4 is 22.6 Å². The summed E-state index contributed by atoms with van der Waals surface area (Å²) in [5.41, 5.74) is 5.74. The number of halogens is 4. The summed E-state index contributed by atoms with van der Waals surface area (Å²) in [6, 6.07) is 4.88. The zero-order valence-corrected chi connectivity index (χ0v) is 9.56. The highest BCUT2D eigenvalue weighted by Gasteiger charge is 2.30. The molecule has 1 aromatic carbocycles. The Kier molecular flexibility index (Phi) is 3.10. The van der Waals surface area contributed by atoms with Gasteiger partial charge in [-0.15, -0.1) is 0 Å². The minimum Gasteiger partial charge on any atom is -0.313 e. The summed E-state index contributed by atoms with van der Waals surface area (Å²) in [5.74, 6) is 0. The smallest absolute Gasteiger partial charge is 0.313 e. The molecule has 0 radical (unpaired) electrons. The van der Waals surface area contributed by atoms with Gasteiger partial charge in [0.1, 0.15) is 0 Å². The summed E-state index contributed by atoms with van der Waals surface area (Å²) >= 11 is 1.97. The molecule has 0 fully saturated rings. The van der Waals surface area contributed by atoms with E-state index in [9.17, 15) is 13.2 Å². The average molecular weight is 315 g/mol. The SMILES string of the molecule is C[C@](N)(I)c1ccc(C(F)(F)F)cc1. The van der Waals surface area contributed by atoms with E-state index in [1.165, 1.54) is 12.1 Å². The molecular weight excluding hydrogens is 306 g/mol. The second kappa shape index (κ2) is 3.69. The maximum absolute atomic E-state index is 12.2. The van der Waals surface area contributed by atoms with Crippen LogP contribution >= 0.6 is 22.6 Å². The zero-order valence-electron chi connectivity index (χ0n) is 7.40. The molecule has 0 saturated carbocycles. The number of hydrogen-bond acceptors (Lipinski definition) is 1. The molecule has 0 aliphatic carbocycles. The van der Waals surface area contributed by atoms with Crippen molar-refractivity contribution in [3.05, 3.63) is 35.4 Å². The van der Waals surface area contributed by atoms with Crippen LogP contribution in [0, 0.1) is 0 Å². The van der Waals surface area contributed by atoms with Crippen LogP contribution in [0.25, 0.3) is 0 Å². The van der Waals surface area contributed by atoms with Crippen molar-refractivity contribution in [2.45, 2.75) is 16.6 Å². The van der Waals surface area contributed by atoms with Crippen molar-refractivity contribution in [2.75, 3.05) is 0 Å². The molecular formula is C9H9F3IN. The molecule has 0 aliphatic heterocycles. The Labute approximate surface area is 93.6 Å². The molecule has 0 heterocycles. The van der Waals surface area contributed by atoms with E-state index in [0.717, 1.165) is 12.1 Å². The lowest BCUT2D eigenvalue weighted by atomic mass is 10.1. The maximum Gasteiger partial charge on any atom is 0.416 e. The van der Waals surface area contributed by atoms with Gasteiger partial charge >= 0.3 is 6.18 Å². The molecule has 1 atom stereocenters. The van der Waals surface area contributed by atoms with Crippen LogP contribution < -0.4 is 5.73 Å². The monoisotopic (exact) mass is 315 g/mol. The summed E-state index contributed by atoms with van der Waals surface area (Å²) in [5, 5.41) is 0. The highest BCUT2D eigenvalue weighted by atomic mass is 127. The molecule has 78 valence electrons. The van der Waals surface area contributed by atoms with Crippen LogP contribution in [0.2, 0.25) is 0 Å². The van der Waals surface area contributed by atoms with Crippen molar-refractivity contribution in [1.29, 1.82) is 0 Å². The largest absolute Gasteiger partial charge is 0.416 e. The van der Waals surface area contributed by atoms with Gasteiger partial charge in [0.2, 0.25) is 0 Å². The summed E-state index contributed by atoms with van der Waals surface area (Å²) in [7, 11) is 0. The Hall–Kier alpha value is -0.300. The molecule has 0 bridgehead atoms. The Morgan fingerprint density at radius 3 is 1.71 bits per heavy atom. The lowest BCUT2D eigenvalue weighted by molar-refractivity contribution is -0.137. The fraction of sp³-hybridized carbons (Fsp3) is 0.333. The molecule has 1 aromatic rings. The van der Waals surface area contributed by atoms with Gasteiger partial charge in [-0.05, 0) is 24.6 Å². The van der Waals surface area contributed by atoms with Gasteiger partial charge in [-0.1, -0.05) is 34.7 Å². The molecule has 0 spiro atoms. The number of hydrogen-bond donors (Lipinski definition) is 1. The van der Waals surface area contributed by atoms with Gasteiger partial charge in [-0.3, -0.25) is 0 Å². The quantitative estimate of drug-likeness (QED) is 0.480. The molecule has 2 N–H and O–H groups in total. The van der Waals surface area contributed by atoms with Crippen LogP contribution in [0.1, 0.15) is 18.1 Å². The summed E-state index contributed by atoms with van der Waals surface area (Å²) in [4.78, 5) is 0. The third-order valence-electron chi connectivity index (χ3n) is 1.78. The van der Waals surface area contributed by atoms with Crippen LogP contribution in [0.4, 0.5) is 13.2 Å². The van der Waals surface area contributed by atoms with Gasteiger partial charge in [0.25, 0.3) is 0 Å². The first-order valence-corrected chi connectivity index (χ1v) is 4.94. The summed E-state index contributed by atoms with van der Waals surface area (Å²) in [6.45, 7) is 1.73. The van der Waals surface area contributed by atoms with Crippen molar-refractivity contribution in [3.8, 4) is 0 Å². The van der Waals surface area contributed by atoms with Gasteiger partial charge in [-0.25, -0.2) is 0 Å². The fourth-order valence-corrected chi connectivity index (χ4v) is 1.34. The second-order valence-electron chi connectivity index (χ2n) is 3.15. The minimum absolute atomic E-state index is 0.637. The summed E-state index contributed by atoms with van der Waals surface area (Å²) < 4.78 is 35.9. The maximum atomic E-state index is 12.2. The Morgan fingerprint density at radius 1 is 1.07 bits per heavy atom. The highest BCUT2D eigenvalue weighted by Crippen LogP contribution is 2.31. The van der Waals surface area contributed by atoms with E-state index in [0.29, 0.717) is 5.56 Å². The van der Waals surface area contributed by atoms with Crippen LogP contribution in [0.15, 0.2) is 24.3 Å². The molecule has 0 aromatic heterocycles. The molecule has 1 rings (SSSR count). The van der Waals surface area contributed by atoms with Gasteiger partial charge < -0.3 is 5.73 Å². The Balaban J connectivity index is 3.02. The van der Waals surface area contributed by atoms with E-state index in [1.807, 2.05) is 22.6 Å². The predicted molar refractivity (Wildman–Crippen MR) is 57.0 cm³/mol. The second-order valence-corrected chi connectivity index (χ2v) is 5.39. The molecule has 14 heavy (non-hydrogen) atoms. The first-order valence-electron chi connectivity index (χ1n) is 3.87. The van der Waals surface area contributed by atoms with Gasteiger partial charge in [-0.2, -0.15) is 13.2 Å². The molecule has 0 aliphatic rings. The van der Waals surface area contributed by atoms with Crippen LogP contribution in [0.3, 0.4) is 0 Å². The van der Waals surface area contributed by atoms with E-state index in [1.54, 1.807) is 6.92 Å². The first-order chi connectivity index (χ1) is 6.21. The number of alkyl halides is 4. The topological polar surface area (TPSA) is 26.0 Å². The molecule has 0 unspecified atom stereocenters. The van der Waals surface area contributed by atoms with Gasteiger partial charge in [0.15, 0.2) is 0 Å². The molecule has 0 saturated heterocycles. The normalized spacial score (nSPS) is 16.4. The Bertz CT molecular complexity index is 277. The third-order valence-corrected chi connectivity index (χ3v) is 2.40. The van der Waals surface area contributed by atoms with Crippen molar-refractivity contribution in [3.63, 3.8) is 0 Å². The Morgan fingerprint density at radius 2 is 1.43 bits per heavy atom. The molecule has 1 nitrogen and oxygen atoms in total. The van der Waals surface area contributed by atoms with E-state index in [2.05, 4.69) is 0 Å². The van der Waals surface area contributed by atoms with Crippen LogP contribution in [0.5, 0.6) is 0 Å². The van der Waals surface area contributed by atoms with Crippen molar-refractivity contribution in [1.82, 2.24) is 0 Å². The first kappa shape index (κ1) is 11.8. The molecule has 0 amide bonds. The standard InChI is InChI=1S/C9H9F3IN/c1-8(13,14)6-2-4-7(5-3-6)9(10,11)12/h2-5H,14H2,1H3/t8-/m1/s1. The minimum atomic E-state index is -4.28. The van der Waals surface area contributed by atoms with Crippen LogP contribution in [-0.2, 0) is 9.72 Å². The van der Waals surface area contributed by atoms with Crippen molar-refractivity contribution in [2.24, 2.45) is 5.73 Å². The third kappa shape index (κ3) is 2.84. The summed E-state index contributed by atoms with van der Waals surface area (Å²) in [6.07, 6.45) is -4.28. The van der Waals surface area contributed by atoms with E-state index >= 15 is 0 Å². The highest BCUT2D eigenvalue weighted by molar-refractivity contribution is 14.1. The lowest BCUT2D eigenvalue weighted by Gasteiger charge is -2.17. The predicted octanol–water partition coefficient (Wildman–Crippen LogP) is 3.27. The lowest BCUT2D eigenvalue weighted by Crippen LogP contribution is -2.24. The van der Waals surface area contributed by atoms with E-state index in [4.69, 9.17) is 5.73 Å². The zero-order chi connectivity index (χ0) is 11.0. The van der Waals surface area contributed by atoms with Crippen molar-refractivity contribution < 1.29 is 13.2 Å². The van der Waals surface area contributed by atoms with Crippen LogP contribution in [-0.4, -0.2) is 0 Å². The number of rotatable bonds is 1. The van der Waals surface area contributed by atoms with Gasteiger partial charge in [0.05, 0.1) is 9.11 Å². The number of nitrogens with two attached hydrogens (primary N) is 1. The fourth-order valence-electron chi connectivity index (χ4n) is 0.985. The van der Waals surface area contributed by atoms with Gasteiger partial charge in [0, 0.05) is 0 Å². The van der Waals surface area contributed by atoms with E-state index < -0.39 is 15.3 Å². The average Bonchev–Trinajstić information content (AvgIpc) is 2.01. The molecule has 5 heteroatoms. The number of benzene rings is 1.